The van der Waals surface area contributed by atoms with Gasteiger partial charge in [0, 0.05) is 0 Å². The highest BCUT2D eigenvalue weighted by atomic mass is 32.5. The van der Waals surface area contributed by atoms with Gasteiger partial charge in [-0.25, -0.2) is 0 Å². The molecule has 33 heavy (non-hydrogen) atoms. The fraction of sp³-hybridized carbons (Fsp3) is 1.00. The first-order valence-corrected chi connectivity index (χ1v) is 28.7. The lowest BCUT2D eigenvalue weighted by Gasteiger charge is -2.57. The van der Waals surface area contributed by atoms with Crippen molar-refractivity contribution in [2.24, 2.45) is 0 Å². The van der Waals surface area contributed by atoms with Crippen LogP contribution in [0.25, 0.3) is 0 Å². The van der Waals surface area contributed by atoms with Gasteiger partial charge in [0.05, 0.1) is 0 Å². The molecule has 2 heterocycles. The highest BCUT2D eigenvalue weighted by Crippen LogP contribution is 2.52. The van der Waals surface area contributed by atoms with Gasteiger partial charge in [-0.1, -0.05) is 79.9 Å². The Morgan fingerprint density at radius 2 is 0.545 bits per heavy atom. The molecule has 0 atom stereocenters. The summed E-state index contributed by atoms with van der Waals surface area (Å²) in [5.41, 5.74) is 0. The van der Waals surface area contributed by atoms with E-state index in [0.29, 0.717) is 0 Å². The van der Waals surface area contributed by atoms with Crippen LogP contribution in [0.1, 0.15) is 69.2 Å². The van der Waals surface area contributed by atoms with Crippen LogP contribution in [0, 0.1) is 0 Å². The van der Waals surface area contributed by atoms with Crippen molar-refractivity contribution in [1.82, 2.24) is 0 Å². The molecule has 0 bridgehead atoms. The van der Waals surface area contributed by atoms with Gasteiger partial charge in [0.15, 0.2) is 0 Å². The highest BCUT2D eigenvalue weighted by Gasteiger charge is 2.67. The van der Waals surface area contributed by atoms with Crippen molar-refractivity contribution in [1.29, 1.82) is 0 Å². The van der Waals surface area contributed by atoms with E-state index in [2.05, 4.69) is 69.2 Å². The summed E-state index contributed by atoms with van der Waals surface area (Å²) in [7, 11) is -12.6. The largest absolute Gasteiger partial charge is 0.415 e. The zero-order chi connectivity index (χ0) is 25.0. The lowest BCUT2D eigenvalue weighted by molar-refractivity contribution is 0.223. The van der Waals surface area contributed by atoms with Gasteiger partial charge in [0.25, 0.3) is 0 Å². The van der Waals surface area contributed by atoms with Crippen LogP contribution in [0.4, 0.5) is 0 Å². The summed E-state index contributed by atoms with van der Waals surface area (Å²) in [6.45, 7) is 22.5. The number of hydrogen-bond acceptors (Lipinski definition) is 7. The molecule has 0 aromatic heterocycles. The summed E-state index contributed by atoms with van der Waals surface area (Å²) in [5.74, 6) is 0. The van der Waals surface area contributed by atoms with Crippen LogP contribution < -0.4 is 0 Å². The second-order valence-corrected chi connectivity index (χ2v) is 37.6. The molecule has 196 valence electrons. The summed E-state index contributed by atoms with van der Waals surface area (Å²) < 4.78 is 42.5. The molecule has 2 aliphatic heterocycles. The van der Waals surface area contributed by atoms with Gasteiger partial charge in [-0.3, -0.25) is 0 Å². The number of rotatable bonds is 12. The Labute approximate surface area is 214 Å². The van der Waals surface area contributed by atoms with E-state index in [4.69, 9.17) is 24.7 Å². The summed E-state index contributed by atoms with van der Waals surface area (Å²) in [4.78, 5) is 0. The number of hydrogen-bond donors (Lipinski definition) is 0. The average Bonchev–Trinajstić information content (AvgIpc) is 2.87. The van der Waals surface area contributed by atoms with Crippen molar-refractivity contribution in [3.63, 3.8) is 0 Å². The van der Waals surface area contributed by atoms with Gasteiger partial charge < -0.3 is 24.7 Å². The van der Waals surface area contributed by atoms with E-state index in [0.717, 1.165) is 60.4 Å². The molecule has 0 saturated carbocycles. The third-order valence-corrected chi connectivity index (χ3v) is 47.6. The maximum absolute atomic E-state index is 7.16. The molecular formula is C20H50O6SSi6. The van der Waals surface area contributed by atoms with Gasteiger partial charge in [-0.15, -0.1) is 0 Å². The molecule has 2 aliphatic rings. The Morgan fingerprint density at radius 3 is 0.697 bits per heavy atom. The Morgan fingerprint density at radius 1 is 0.333 bits per heavy atom. The quantitative estimate of drug-likeness (QED) is 0.217. The second-order valence-electron chi connectivity index (χ2n) is 9.26. The zero-order valence-corrected chi connectivity index (χ0v) is 29.7. The minimum Gasteiger partial charge on any atom is -0.415 e. The van der Waals surface area contributed by atoms with Gasteiger partial charge >= 0.3 is 49.7 Å². The zero-order valence-electron chi connectivity index (χ0n) is 22.9. The van der Waals surface area contributed by atoms with Gasteiger partial charge in [0.2, 0.25) is 0 Å². The lowest BCUT2D eigenvalue weighted by Crippen LogP contribution is -2.73. The molecule has 2 saturated heterocycles. The van der Waals surface area contributed by atoms with Crippen molar-refractivity contribution in [2.75, 3.05) is 0 Å². The topological polar surface area (TPSA) is 55.4 Å². The molecule has 0 aromatic rings. The van der Waals surface area contributed by atoms with Crippen LogP contribution >= 0.6 is 10.7 Å². The SMILES string of the molecule is CC[Si]1(CC)O[Si](CC)(CC)O[Si](CC)(S[Si]2(CC)O[Si](CC)(CC)O[Si](CC)(CC)O2)O1. The monoisotopic (exact) mass is 586 g/mol. The molecule has 0 radical (unpaired) electrons. The molecule has 0 aliphatic carbocycles. The van der Waals surface area contributed by atoms with E-state index in [1.54, 1.807) is 0 Å². The minimum atomic E-state index is -2.65. The predicted molar refractivity (Wildman–Crippen MR) is 153 cm³/mol. The average molecular weight is 587 g/mol. The van der Waals surface area contributed by atoms with Gasteiger partial charge in [-0.2, -0.15) is 0 Å². The van der Waals surface area contributed by atoms with Crippen LogP contribution in [0.15, 0.2) is 0 Å². The molecule has 2 fully saturated rings. The molecule has 0 aromatic carbocycles. The van der Waals surface area contributed by atoms with E-state index in [1.165, 1.54) is 0 Å². The highest BCUT2D eigenvalue weighted by molar-refractivity contribution is 8.48. The van der Waals surface area contributed by atoms with Crippen LogP contribution in [0.5, 0.6) is 0 Å². The first-order chi connectivity index (χ1) is 15.6. The van der Waals surface area contributed by atoms with Crippen LogP contribution in [-0.4, -0.2) is 49.7 Å². The second kappa shape index (κ2) is 11.9. The Hall–Kier alpha value is 1.41. The van der Waals surface area contributed by atoms with Crippen molar-refractivity contribution < 1.29 is 24.7 Å². The van der Waals surface area contributed by atoms with Crippen LogP contribution in [0.3, 0.4) is 0 Å². The smallest absolute Gasteiger partial charge is 0.386 e. The maximum atomic E-state index is 7.16. The standard InChI is InChI=1S/C20H50O6SSi6/c1-11-28(12-2)21-29(13-3,14-4)24-32(19-9,23-28)27-33(20-10)25-30(15-5,16-6)22-31(17-7,18-8)26-33/h11-20H2,1-10H3. The van der Waals surface area contributed by atoms with Crippen LogP contribution in [-0.2, 0) is 24.7 Å². The normalized spacial score (nSPS) is 26.7. The van der Waals surface area contributed by atoms with E-state index in [1.807, 2.05) is 10.7 Å². The fourth-order valence-corrected chi connectivity index (χ4v) is 58.2. The van der Waals surface area contributed by atoms with E-state index >= 15 is 0 Å². The summed E-state index contributed by atoms with van der Waals surface area (Å²) in [5, 5.41) is 0. The molecule has 0 N–H and O–H groups in total. The molecule has 0 amide bonds. The summed E-state index contributed by atoms with van der Waals surface area (Å²) >= 11 is 0. The summed E-state index contributed by atoms with van der Waals surface area (Å²) in [6.07, 6.45) is 0. The minimum absolute atomic E-state index is 0.909. The van der Waals surface area contributed by atoms with Crippen molar-refractivity contribution in [3.8, 4) is 0 Å². The fourth-order valence-electron chi connectivity index (χ4n) is 4.84. The van der Waals surface area contributed by atoms with E-state index in [-0.39, 0.29) is 0 Å². The van der Waals surface area contributed by atoms with Crippen molar-refractivity contribution in [2.45, 2.75) is 130 Å². The van der Waals surface area contributed by atoms with E-state index < -0.39 is 49.7 Å². The Kier molecular flexibility index (Phi) is 11.0. The lowest BCUT2D eigenvalue weighted by atomic mass is 10.9. The Balaban J connectivity index is 2.59. The van der Waals surface area contributed by atoms with Crippen LogP contribution in [0.2, 0.25) is 60.4 Å². The molecule has 0 spiro atoms. The summed E-state index contributed by atoms with van der Waals surface area (Å²) in [6, 6.07) is 9.66. The molecule has 2 rings (SSSR count). The first kappa shape index (κ1) is 30.6. The third kappa shape index (κ3) is 6.12. The van der Waals surface area contributed by atoms with Gasteiger partial charge in [-0.05, 0) is 60.4 Å². The van der Waals surface area contributed by atoms with E-state index in [9.17, 15) is 0 Å². The van der Waals surface area contributed by atoms with Gasteiger partial charge in [0.1, 0.15) is 0 Å². The maximum Gasteiger partial charge on any atom is 0.386 e. The molecule has 6 nitrogen and oxygen atoms in total. The first-order valence-electron chi connectivity index (χ1n) is 13.5. The molecule has 0 unspecified atom stereocenters. The predicted octanol–water partition coefficient (Wildman–Crippen LogP) is 7.69. The molecular weight excluding hydrogens is 537 g/mol. The third-order valence-electron chi connectivity index (χ3n) is 7.60. The molecule has 13 heteroatoms. The van der Waals surface area contributed by atoms with Crippen molar-refractivity contribution in [3.05, 3.63) is 0 Å². The van der Waals surface area contributed by atoms with Crippen molar-refractivity contribution >= 4 is 60.3 Å². The Bertz CT molecular complexity index is 536.